The third kappa shape index (κ3) is 4.22. The van der Waals surface area contributed by atoms with Gasteiger partial charge in [0.1, 0.15) is 0 Å². The van der Waals surface area contributed by atoms with Crippen molar-refractivity contribution in [3.63, 3.8) is 0 Å². The second kappa shape index (κ2) is 6.39. The fourth-order valence-electron chi connectivity index (χ4n) is 1.84. The standard InChI is InChI=1S/C15H10F3NO4/c16-15(17,18)23-12-8-4-3-7-11(12)19-13(20)9-5-1-2-6-10(9)14(21)22/h1-8H,(H,19,20)(H,21,22). The molecule has 0 fully saturated rings. The van der Waals surface area contributed by atoms with Crippen LogP contribution in [0.5, 0.6) is 5.75 Å². The third-order valence-electron chi connectivity index (χ3n) is 2.76. The van der Waals surface area contributed by atoms with Gasteiger partial charge in [0.25, 0.3) is 5.91 Å². The van der Waals surface area contributed by atoms with Gasteiger partial charge in [0.2, 0.25) is 0 Å². The van der Waals surface area contributed by atoms with Gasteiger partial charge >= 0.3 is 12.3 Å². The zero-order valence-corrected chi connectivity index (χ0v) is 11.4. The molecule has 0 spiro atoms. The van der Waals surface area contributed by atoms with Crippen LogP contribution in [0.3, 0.4) is 0 Å². The molecular weight excluding hydrogens is 315 g/mol. The van der Waals surface area contributed by atoms with Gasteiger partial charge in [-0.05, 0) is 24.3 Å². The summed E-state index contributed by atoms with van der Waals surface area (Å²) < 4.78 is 40.8. The fourth-order valence-corrected chi connectivity index (χ4v) is 1.84. The molecule has 2 aromatic carbocycles. The lowest BCUT2D eigenvalue weighted by Gasteiger charge is -2.14. The van der Waals surface area contributed by atoms with Crippen molar-refractivity contribution < 1.29 is 32.6 Å². The fraction of sp³-hybridized carbons (Fsp3) is 0.0667. The zero-order valence-electron chi connectivity index (χ0n) is 11.4. The number of nitrogens with one attached hydrogen (secondary N) is 1. The Balaban J connectivity index is 2.30. The summed E-state index contributed by atoms with van der Waals surface area (Å²) in [5.41, 5.74) is -0.670. The first-order valence-corrected chi connectivity index (χ1v) is 6.26. The van der Waals surface area contributed by atoms with E-state index in [-0.39, 0.29) is 16.8 Å². The highest BCUT2D eigenvalue weighted by molar-refractivity contribution is 6.11. The number of carboxylic acid groups (broad SMARTS) is 1. The molecule has 0 aromatic heterocycles. The van der Waals surface area contributed by atoms with Crippen LogP contribution < -0.4 is 10.1 Å². The maximum absolute atomic E-state index is 12.3. The topological polar surface area (TPSA) is 75.6 Å². The van der Waals surface area contributed by atoms with E-state index in [0.29, 0.717) is 0 Å². The van der Waals surface area contributed by atoms with Gasteiger partial charge in [-0.15, -0.1) is 13.2 Å². The third-order valence-corrected chi connectivity index (χ3v) is 2.76. The molecule has 0 aliphatic carbocycles. The van der Waals surface area contributed by atoms with Crippen LogP contribution in [0.25, 0.3) is 0 Å². The predicted octanol–water partition coefficient (Wildman–Crippen LogP) is 3.54. The maximum Gasteiger partial charge on any atom is 0.573 e. The number of carboxylic acids is 1. The second-order valence-electron chi connectivity index (χ2n) is 4.35. The molecule has 0 atom stereocenters. The van der Waals surface area contributed by atoms with Gasteiger partial charge in [0.15, 0.2) is 5.75 Å². The number of carbonyl (C=O) groups excluding carboxylic acids is 1. The number of halogens is 3. The van der Waals surface area contributed by atoms with E-state index in [1.54, 1.807) is 0 Å². The molecule has 0 aliphatic heterocycles. The van der Waals surface area contributed by atoms with Gasteiger partial charge in [0.05, 0.1) is 16.8 Å². The van der Waals surface area contributed by atoms with Crippen LogP contribution >= 0.6 is 0 Å². The molecule has 0 saturated heterocycles. The largest absolute Gasteiger partial charge is 0.573 e. The Morgan fingerprint density at radius 3 is 2.13 bits per heavy atom. The zero-order chi connectivity index (χ0) is 17.0. The van der Waals surface area contributed by atoms with E-state index < -0.39 is 24.0 Å². The van der Waals surface area contributed by atoms with Crippen molar-refractivity contribution in [3.05, 3.63) is 59.7 Å². The minimum Gasteiger partial charge on any atom is -0.478 e. The van der Waals surface area contributed by atoms with E-state index in [4.69, 9.17) is 5.11 Å². The van der Waals surface area contributed by atoms with Crippen LogP contribution in [0.1, 0.15) is 20.7 Å². The number of benzene rings is 2. The van der Waals surface area contributed by atoms with Gasteiger partial charge in [0, 0.05) is 0 Å². The van der Waals surface area contributed by atoms with Crippen LogP contribution in [0.15, 0.2) is 48.5 Å². The van der Waals surface area contributed by atoms with Crippen molar-refractivity contribution in [1.82, 2.24) is 0 Å². The van der Waals surface area contributed by atoms with Crippen molar-refractivity contribution in [2.45, 2.75) is 6.36 Å². The molecule has 2 rings (SSSR count). The van der Waals surface area contributed by atoms with E-state index in [2.05, 4.69) is 10.1 Å². The highest BCUT2D eigenvalue weighted by Crippen LogP contribution is 2.30. The summed E-state index contributed by atoms with van der Waals surface area (Å²) in [5, 5.41) is 11.3. The molecule has 8 heteroatoms. The predicted molar refractivity (Wildman–Crippen MR) is 74.5 cm³/mol. The molecule has 1 amide bonds. The van der Waals surface area contributed by atoms with E-state index in [0.717, 1.165) is 6.07 Å². The van der Waals surface area contributed by atoms with Crippen LogP contribution in [-0.4, -0.2) is 23.3 Å². The second-order valence-corrected chi connectivity index (χ2v) is 4.35. The molecule has 120 valence electrons. The lowest BCUT2D eigenvalue weighted by atomic mass is 10.1. The van der Waals surface area contributed by atoms with Gasteiger partial charge in [-0.2, -0.15) is 0 Å². The van der Waals surface area contributed by atoms with E-state index in [1.165, 1.54) is 42.5 Å². The van der Waals surface area contributed by atoms with Gasteiger partial charge in [-0.25, -0.2) is 4.79 Å². The number of hydrogen-bond acceptors (Lipinski definition) is 3. The first kappa shape index (κ1) is 16.3. The minimum atomic E-state index is -4.92. The van der Waals surface area contributed by atoms with Crippen molar-refractivity contribution in [2.75, 3.05) is 5.32 Å². The Kier molecular flexibility index (Phi) is 4.54. The number of para-hydroxylation sites is 2. The lowest BCUT2D eigenvalue weighted by Crippen LogP contribution is -2.20. The number of ether oxygens (including phenoxy) is 1. The van der Waals surface area contributed by atoms with Crippen LogP contribution in [0.4, 0.5) is 18.9 Å². The monoisotopic (exact) mass is 325 g/mol. The molecule has 2 N–H and O–H groups in total. The van der Waals surface area contributed by atoms with Crippen molar-refractivity contribution in [1.29, 1.82) is 0 Å². The average Bonchev–Trinajstić information content (AvgIpc) is 2.47. The molecule has 5 nitrogen and oxygen atoms in total. The Morgan fingerprint density at radius 2 is 1.52 bits per heavy atom. The summed E-state index contributed by atoms with van der Waals surface area (Å²) in [6.45, 7) is 0. The normalized spacial score (nSPS) is 10.9. The molecule has 0 unspecified atom stereocenters. The summed E-state index contributed by atoms with van der Waals surface area (Å²) in [5.74, 6) is -2.78. The maximum atomic E-state index is 12.3. The molecule has 0 heterocycles. The Morgan fingerprint density at radius 1 is 0.957 bits per heavy atom. The Labute approximate surface area is 128 Å². The number of carbonyl (C=O) groups is 2. The van der Waals surface area contributed by atoms with E-state index >= 15 is 0 Å². The van der Waals surface area contributed by atoms with Gasteiger partial charge in [-0.3, -0.25) is 4.79 Å². The van der Waals surface area contributed by atoms with Gasteiger partial charge < -0.3 is 15.2 Å². The summed E-state index contributed by atoms with van der Waals surface area (Å²) in [4.78, 5) is 23.2. The summed E-state index contributed by atoms with van der Waals surface area (Å²) in [6.07, 6.45) is -4.92. The number of hydrogen-bond donors (Lipinski definition) is 2. The highest BCUT2D eigenvalue weighted by atomic mass is 19.4. The van der Waals surface area contributed by atoms with Crippen LogP contribution in [0, 0.1) is 0 Å². The molecule has 2 aromatic rings. The number of anilines is 1. The number of aromatic carboxylic acids is 1. The van der Waals surface area contributed by atoms with Crippen molar-refractivity contribution >= 4 is 17.6 Å². The summed E-state index contributed by atoms with van der Waals surface area (Å²) >= 11 is 0. The average molecular weight is 325 g/mol. The molecule has 0 saturated carbocycles. The van der Waals surface area contributed by atoms with Crippen LogP contribution in [0.2, 0.25) is 0 Å². The van der Waals surface area contributed by atoms with Crippen molar-refractivity contribution in [3.8, 4) is 5.75 Å². The quantitative estimate of drug-likeness (QED) is 0.901. The lowest BCUT2D eigenvalue weighted by molar-refractivity contribution is -0.274. The minimum absolute atomic E-state index is 0.179. The Bertz CT molecular complexity index is 743. The molecule has 0 aliphatic rings. The number of alkyl halides is 3. The first-order valence-electron chi connectivity index (χ1n) is 6.26. The molecular formula is C15H10F3NO4. The Hall–Kier alpha value is -3.03. The summed E-state index contributed by atoms with van der Waals surface area (Å²) in [6, 6.07) is 10.3. The van der Waals surface area contributed by atoms with Gasteiger partial charge in [-0.1, -0.05) is 24.3 Å². The molecule has 0 bridgehead atoms. The van der Waals surface area contributed by atoms with E-state index in [1.807, 2.05) is 0 Å². The molecule has 0 radical (unpaired) electrons. The van der Waals surface area contributed by atoms with Crippen molar-refractivity contribution in [2.24, 2.45) is 0 Å². The van der Waals surface area contributed by atoms with Crippen LogP contribution in [-0.2, 0) is 0 Å². The highest BCUT2D eigenvalue weighted by Gasteiger charge is 2.32. The first-order chi connectivity index (χ1) is 10.8. The SMILES string of the molecule is O=C(O)c1ccccc1C(=O)Nc1ccccc1OC(F)(F)F. The smallest absolute Gasteiger partial charge is 0.478 e. The number of amides is 1. The summed E-state index contributed by atoms with van der Waals surface area (Å²) in [7, 11) is 0. The molecule has 23 heavy (non-hydrogen) atoms. The number of rotatable bonds is 4. The van der Waals surface area contributed by atoms with E-state index in [9.17, 15) is 22.8 Å².